The van der Waals surface area contributed by atoms with Crippen molar-refractivity contribution >= 4 is 28.8 Å². The van der Waals surface area contributed by atoms with Gasteiger partial charge in [-0.25, -0.2) is 0 Å². The van der Waals surface area contributed by atoms with Crippen molar-refractivity contribution in [3.63, 3.8) is 0 Å². The molecule has 188 valence electrons. The van der Waals surface area contributed by atoms with Gasteiger partial charge in [0.05, 0.1) is 11.4 Å². The molecule has 2 aromatic rings. The van der Waals surface area contributed by atoms with Crippen LogP contribution in [0.2, 0.25) is 0 Å². The van der Waals surface area contributed by atoms with E-state index in [-0.39, 0.29) is 17.4 Å². The van der Waals surface area contributed by atoms with Gasteiger partial charge in [-0.1, -0.05) is 36.9 Å². The van der Waals surface area contributed by atoms with E-state index in [1.165, 1.54) is 12.8 Å². The number of nitrogens with zero attached hydrogens (tertiary/aromatic N) is 1. The normalized spacial score (nSPS) is 17.1. The van der Waals surface area contributed by atoms with Crippen molar-refractivity contribution < 1.29 is 9.59 Å². The van der Waals surface area contributed by atoms with Gasteiger partial charge in [-0.05, 0) is 86.7 Å². The van der Waals surface area contributed by atoms with Crippen molar-refractivity contribution in [2.75, 3.05) is 37.3 Å². The quantitative estimate of drug-likeness (QED) is 0.455. The molecule has 3 N–H and O–H groups in total. The van der Waals surface area contributed by atoms with Crippen LogP contribution in [-0.4, -0.2) is 48.9 Å². The number of hydrogen-bond donors (Lipinski definition) is 3. The molecule has 6 nitrogen and oxygen atoms in total. The Kier molecular flexibility index (Phi) is 8.06. The summed E-state index contributed by atoms with van der Waals surface area (Å²) in [6, 6.07) is 12.7. The van der Waals surface area contributed by atoms with Gasteiger partial charge in [-0.3, -0.25) is 9.59 Å². The van der Waals surface area contributed by atoms with E-state index in [0.717, 1.165) is 49.3 Å². The van der Waals surface area contributed by atoms with E-state index >= 15 is 0 Å². The van der Waals surface area contributed by atoms with Crippen LogP contribution in [-0.2, 0) is 0 Å². The zero-order chi connectivity index (χ0) is 25.5. The van der Waals surface area contributed by atoms with Crippen LogP contribution in [0.15, 0.2) is 73.3 Å². The van der Waals surface area contributed by atoms with E-state index in [2.05, 4.69) is 22.5 Å². The topological polar surface area (TPSA) is 73.5 Å². The molecule has 0 atom stereocenters. The molecular formula is C30H36N4O2. The van der Waals surface area contributed by atoms with Gasteiger partial charge in [-0.2, -0.15) is 0 Å². The molecule has 0 unspecified atom stereocenters. The summed E-state index contributed by atoms with van der Waals surface area (Å²) in [7, 11) is 1.82. The van der Waals surface area contributed by atoms with Gasteiger partial charge in [0, 0.05) is 36.8 Å². The summed E-state index contributed by atoms with van der Waals surface area (Å²) in [4.78, 5) is 28.0. The zero-order valence-electron chi connectivity index (χ0n) is 21.3. The van der Waals surface area contributed by atoms with Crippen LogP contribution in [0.3, 0.4) is 0 Å². The Balaban J connectivity index is 1.41. The van der Waals surface area contributed by atoms with Gasteiger partial charge in [0.2, 0.25) is 0 Å². The number of allylic oxidation sites excluding steroid dienone is 5. The van der Waals surface area contributed by atoms with Gasteiger partial charge in [-0.15, -0.1) is 0 Å². The average Bonchev–Trinajstić information content (AvgIpc) is 3.36. The first-order valence-electron chi connectivity index (χ1n) is 12.7. The number of hydrogen-bond acceptors (Lipinski definition) is 4. The summed E-state index contributed by atoms with van der Waals surface area (Å²) in [6.45, 7) is 8.71. The number of amides is 2. The minimum absolute atomic E-state index is 0.0319. The van der Waals surface area contributed by atoms with E-state index in [1.807, 2.05) is 61.4 Å². The summed E-state index contributed by atoms with van der Waals surface area (Å²) in [6.07, 6.45) is 12.2. The minimum atomic E-state index is -0.232. The predicted octanol–water partition coefficient (Wildman–Crippen LogP) is 5.48. The number of carbonyl (C=O) groups is 2. The highest BCUT2D eigenvalue weighted by Crippen LogP contribution is 2.31. The third-order valence-corrected chi connectivity index (χ3v) is 7.24. The van der Waals surface area contributed by atoms with Crippen LogP contribution < -0.4 is 16.0 Å². The first-order valence-corrected chi connectivity index (χ1v) is 12.7. The maximum absolute atomic E-state index is 13.0. The molecule has 1 spiro atoms. The lowest BCUT2D eigenvalue weighted by Crippen LogP contribution is -2.51. The number of nitrogens with one attached hydrogen (secondary N) is 3. The van der Waals surface area contributed by atoms with Crippen molar-refractivity contribution in [2.45, 2.75) is 38.1 Å². The first-order chi connectivity index (χ1) is 17.4. The van der Waals surface area contributed by atoms with Crippen molar-refractivity contribution in [3.8, 4) is 0 Å². The summed E-state index contributed by atoms with van der Waals surface area (Å²) in [5.74, 6) is -0.200. The average molecular weight is 485 g/mol. The van der Waals surface area contributed by atoms with Gasteiger partial charge in [0.15, 0.2) is 0 Å². The molecule has 2 heterocycles. The van der Waals surface area contributed by atoms with Gasteiger partial charge < -0.3 is 20.9 Å². The Morgan fingerprint density at radius 2 is 1.67 bits per heavy atom. The molecule has 2 saturated heterocycles. The van der Waals surface area contributed by atoms with E-state index in [0.29, 0.717) is 16.8 Å². The molecule has 2 fully saturated rings. The fourth-order valence-electron chi connectivity index (χ4n) is 5.02. The monoisotopic (exact) mass is 484 g/mol. The molecule has 0 radical (unpaired) electrons. The van der Waals surface area contributed by atoms with Gasteiger partial charge in [0.25, 0.3) is 11.8 Å². The van der Waals surface area contributed by atoms with E-state index < -0.39 is 0 Å². The molecule has 2 aromatic carbocycles. The number of piperidine rings is 1. The lowest BCUT2D eigenvalue weighted by Gasteiger charge is -2.39. The van der Waals surface area contributed by atoms with E-state index in [1.54, 1.807) is 24.3 Å². The Morgan fingerprint density at radius 1 is 0.972 bits per heavy atom. The molecule has 4 rings (SSSR count). The van der Waals surface area contributed by atoms with Crippen LogP contribution in [0.5, 0.6) is 0 Å². The number of benzene rings is 2. The van der Waals surface area contributed by atoms with Crippen LogP contribution >= 0.6 is 0 Å². The molecule has 0 bridgehead atoms. The molecule has 36 heavy (non-hydrogen) atoms. The molecule has 2 aliphatic heterocycles. The third-order valence-electron chi connectivity index (χ3n) is 7.24. The van der Waals surface area contributed by atoms with Crippen molar-refractivity contribution in [1.29, 1.82) is 0 Å². The number of carbonyl (C=O) groups excluding carboxylic acids is 2. The maximum Gasteiger partial charge on any atom is 0.255 e. The highest BCUT2D eigenvalue weighted by atomic mass is 16.2. The lowest BCUT2D eigenvalue weighted by atomic mass is 9.86. The third kappa shape index (κ3) is 5.77. The Labute approximate surface area is 214 Å². The summed E-state index contributed by atoms with van der Waals surface area (Å²) >= 11 is 0. The summed E-state index contributed by atoms with van der Waals surface area (Å²) in [5, 5.41) is 9.76. The Bertz CT molecular complexity index is 1160. The number of anilines is 2. The summed E-state index contributed by atoms with van der Waals surface area (Å²) < 4.78 is 0. The predicted molar refractivity (Wildman–Crippen MR) is 148 cm³/mol. The molecule has 0 aliphatic carbocycles. The zero-order valence-corrected chi connectivity index (χ0v) is 21.3. The first kappa shape index (κ1) is 25.5. The highest BCUT2D eigenvalue weighted by Gasteiger charge is 2.37. The minimum Gasteiger partial charge on any atom is -0.386 e. The number of likely N-dealkylation sites (tertiary alicyclic amines) is 1. The molecular weight excluding hydrogens is 448 g/mol. The fraction of sp³-hybridized carbons (Fsp3) is 0.333. The highest BCUT2D eigenvalue weighted by molar-refractivity contribution is 6.07. The summed E-state index contributed by atoms with van der Waals surface area (Å²) in [5.41, 5.74) is 4.59. The van der Waals surface area contributed by atoms with Crippen LogP contribution in [0.4, 0.5) is 11.4 Å². The lowest BCUT2D eigenvalue weighted by molar-refractivity contribution is 0.0656. The SMILES string of the molecule is C=C(/C=C\C=C/C)c1ccc(NC)c(NC(=O)c2ccc(C(=O)N3CCC4(CCCN4)CC3)cc2)c1. The van der Waals surface area contributed by atoms with Crippen LogP contribution in [0.1, 0.15) is 58.9 Å². The maximum atomic E-state index is 13.0. The van der Waals surface area contributed by atoms with Gasteiger partial charge in [0.1, 0.15) is 0 Å². The van der Waals surface area contributed by atoms with E-state index in [9.17, 15) is 9.59 Å². The molecule has 2 amide bonds. The largest absolute Gasteiger partial charge is 0.386 e. The van der Waals surface area contributed by atoms with E-state index in [4.69, 9.17) is 0 Å². The van der Waals surface area contributed by atoms with Crippen molar-refractivity contribution in [2.24, 2.45) is 0 Å². The number of rotatable bonds is 7. The van der Waals surface area contributed by atoms with Gasteiger partial charge >= 0.3 is 0 Å². The molecule has 0 aromatic heterocycles. The Hall–Kier alpha value is -3.64. The molecule has 6 heteroatoms. The Morgan fingerprint density at radius 3 is 2.31 bits per heavy atom. The molecule has 0 saturated carbocycles. The fourth-order valence-corrected chi connectivity index (χ4v) is 5.02. The second-order valence-electron chi connectivity index (χ2n) is 9.55. The second kappa shape index (κ2) is 11.4. The van der Waals surface area contributed by atoms with Crippen LogP contribution in [0, 0.1) is 0 Å². The molecule has 2 aliphatic rings. The van der Waals surface area contributed by atoms with Crippen molar-refractivity contribution in [3.05, 3.63) is 90.0 Å². The van der Waals surface area contributed by atoms with Crippen molar-refractivity contribution in [1.82, 2.24) is 10.2 Å². The smallest absolute Gasteiger partial charge is 0.255 e. The second-order valence-corrected chi connectivity index (χ2v) is 9.55. The standard InChI is InChI=1S/C30H36N4O2/c1-4-5-6-8-22(2)25-13-14-26(31-3)27(21-25)33-28(35)23-9-11-24(12-10-23)29(36)34-19-16-30(17-20-34)15-7-18-32-30/h4-6,8-14,21,31-32H,2,7,15-20H2,1,3H3,(H,33,35)/b5-4-,8-6-. The van der Waals surface area contributed by atoms with Crippen LogP contribution in [0.25, 0.3) is 5.57 Å².